The summed E-state index contributed by atoms with van der Waals surface area (Å²) in [5.74, 6) is 1.71. The molecule has 0 radical (unpaired) electrons. The summed E-state index contributed by atoms with van der Waals surface area (Å²) in [6.45, 7) is 6.07. The summed E-state index contributed by atoms with van der Waals surface area (Å²) in [5, 5.41) is 7.77. The van der Waals surface area contributed by atoms with E-state index in [2.05, 4.69) is 22.3 Å². The van der Waals surface area contributed by atoms with Crippen molar-refractivity contribution in [2.45, 2.75) is 65.3 Å². The SMILES string of the molecule is Cc1cc2nc(C)c(CCC(=O)NC3[C@H]4CCCC[C@H]34)c(C)n2n1. The van der Waals surface area contributed by atoms with Crippen molar-refractivity contribution in [2.75, 3.05) is 0 Å². The number of amides is 1. The van der Waals surface area contributed by atoms with Gasteiger partial charge in [-0.25, -0.2) is 9.50 Å². The number of carbonyl (C=O) groups excluding carboxylic acids is 1. The summed E-state index contributed by atoms with van der Waals surface area (Å²) in [6.07, 6.45) is 6.53. The molecule has 5 heteroatoms. The smallest absolute Gasteiger partial charge is 0.220 e. The fourth-order valence-corrected chi connectivity index (χ4v) is 4.51. The lowest BCUT2D eigenvalue weighted by atomic mass is 10.0. The molecule has 1 amide bonds. The summed E-state index contributed by atoms with van der Waals surface area (Å²) < 4.78 is 1.89. The molecule has 2 fully saturated rings. The van der Waals surface area contributed by atoms with Crippen LogP contribution in [0.25, 0.3) is 5.65 Å². The van der Waals surface area contributed by atoms with E-state index < -0.39 is 0 Å². The molecule has 5 nitrogen and oxygen atoms in total. The Morgan fingerprint density at radius 2 is 1.96 bits per heavy atom. The van der Waals surface area contributed by atoms with E-state index in [9.17, 15) is 4.79 Å². The van der Waals surface area contributed by atoms with E-state index in [-0.39, 0.29) is 5.91 Å². The van der Waals surface area contributed by atoms with Crippen LogP contribution in [-0.4, -0.2) is 26.5 Å². The molecule has 0 spiro atoms. The van der Waals surface area contributed by atoms with Crippen molar-refractivity contribution in [1.82, 2.24) is 19.9 Å². The molecular weight excluding hydrogens is 300 g/mol. The van der Waals surface area contributed by atoms with Gasteiger partial charge in [-0.2, -0.15) is 5.10 Å². The second kappa shape index (κ2) is 5.87. The van der Waals surface area contributed by atoms with Crippen molar-refractivity contribution in [3.63, 3.8) is 0 Å². The van der Waals surface area contributed by atoms with Crippen molar-refractivity contribution in [2.24, 2.45) is 11.8 Å². The number of hydrogen-bond acceptors (Lipinski definition) is 3. The van der Waals surface area contributed by atoms with Crippen LogP contribution in [0.1, 0.15) is 54.7 Å². The average Bonchev–Trinajstić information content (AvgIpc) is 3.10. The van der Waals surface area contributed by atoms with Crippen LogP contribution in [0.2, 0.25) is 0 Å². The minimum Gasteiger partial charge on any atom is -0.353 e. The van der Waals surface area contributed by atoms with E-state index in [4.69, 9.17) is 0 Å². The highest BCUT2D eigenvalue weighted by Crippen LogP contribution is 2.49. The highest BCUT2D eigenvalue weighted by atomic mass is 16.1. The molecule has 2 saturated carbocycles. The minimum atomic E-state index is 0.185. The third-order valence-electron chi connectivity index (χ3n) is 5.87. The number of nitrogens with zero attached hydrogens (tertiary/aromatic N) is 3. The zero-order chi connectivity index (χ0) is 16.8. The van der Waals surface area contributed by atoms with Gasteiger partial charge in [-0.1, -0.05) is 12.8 Å². The normalized spacial score (nSPS) is 25.5. The molecule has 2 heterocycles. The largest absolute Gasteiger partial charge is 0.353 e. The molecular formula is C19H26N4O. The first-order chi connectivity index (χ1) is 11.5. The van der Waals surface area contributed by atoms with Crippen molar-refractivity contribution in [3.8, 4) is 0 Å². The Bertz CT molecular complexity index is 782. The third kappa shape index (κ3) is 2.70. The predicted molar refractivity (Wildman–Crippen MR) is 92.9 cm³/mol. The van der Waals surface area contributed by atoms with Crippen LogP contribution in [0.3, 0.4) is 0 Å². The first-order valence-electron chi connectivity index (χ1n) is 9.16. The summed E-state index contributed by atoms with van der Waals surface area (Å²) in [6, 6.07) is 2.45. The van der Waals surface area contributed by atoms with E-state index in [1.165, 1.54) is 25.7 Å². The van der Waals surface area contributed by atoms with Gasteiger partial charge in [0.1, 0.15) is 0 Å². The number of hydrogen-bond donors (Lipinski definition) is 1. The van der Waals surface area contributed by atoms with Gasteiger partial charge in [0, 0.05) is 29.9 Å². The first kappa shape index (κ1) is 15.6. The number of fused-ring (bicyclic) bond motifs is 2. The highest BCUT2D eigenvalue weighted by Gasteiger charge is 2.51. The quantitative estimate of drug-likeness (QED) is 0.940. The molecule has 0 unspecified atom stereocenters. The van der Waals surface area contributed by atoms with Crippen molar-refractivity contribution in [3.05, 3.63) is 28.7 Å². The van der Waals surface area contributed by atoms with Gasteiger partial charge in [0.25, 0.3) is 0 Å². The van der Waals surface area contributed by atoms with E-state index in [0.29, 0.717) is 12.5 Å². The van der Waals surface area contributed by atoms with Crippen LogP contribution >= 0.6 is 0 Å². The zero-order valence-corrected chi connectivity index (χ0v) is 14.8. The molecule has 128 valence electrons. The molecule has 0 aliphatic heterocycles. The van der Waals surface area contributed by atoms with E-state index in [1.54, 1.807) is 0 Å². The van der Waals surface area contributed by atoms with Crippen molar-refractivity contribution >= 4 is 11.6 Å². The molecule has 2 aromatic rings. The second-order valence-corrected chi connectivity index (χ2v) is 7.52. The van der Waals surface area contributed by atoms with Gasteiger partial charge >= 0.3 is 0 Å². The molecule has 0 aromatic carbocycles. The summed E-state index contributed by atoms with van der Waals surface area (Å²) in [5.41, 5.74) is 5.11. The Labute approximate surface area is 142 Å². The topological polar surface area (TPSA) is 59.3 Å². The molecule has 4 rings (SSSR count). The Balaban J connectivity index is 1.42. The zero-order valence-electron chi connectivity index (χ0n) is 14.8. The number of nitrogens with one attached hydrogen (secondary N) is 1. The van der Waals surface area contributed by atoms with Gasteiger partial charge in [-0.3, -0.25) is 4.79 Å². The van der Waals surface area contributed by atoms with E-state index in [1.807, 2.05) is 24.4 Å². The van der Waals surface area contributed by atoms with Gasteiger partial charge in [0.2, 0.25) is 5.91 Å². The maximum atomic E-state index is 12.3. The van der Waals surface area contributed by atoms with Crippen molar-refractivity contribution in [1.29, 1.82) is 0 Å². The monoisotopic (exact) mass is 326 g/mol. The number of aromatic nitrogens is 3. The lowest BCUT2D eigenvalue weighted by molar-refractivity contribution is -0.121. The van der Waals surface area contributed by atoms with Crippen LogP contribution in [0.5, 0.6) is 0 Å². The van der Waals surface area contributed by atoms with E-state index >= 15 is 0 Å². The molecule has 2 aliphatic rings. The Kier molecular flexibility index (Phi) is 3.82. The summed E-state index contributed by atoms with van der Waals surface area (Å²) in [7, 11) is 0. The lowest BCUT2D eigenvalue weighted by Crippen LogP contribution is -2.28. The fourth-order valence-electron chi connectivity index (χ4n) is 4.51. The van der Waals surface area contributed by atoms with Crippen LogP contribution in [0, 0.1) is 32.6 Å². The molecule has 0 bridgehead atoms. The number of carbonyl (C=O) groups is 1. The predicted octanol–water partition coefficient (Wildman–Crippen LogP) is 2.89. The standard InChI is InChI=1S/C19H26N4O/c1-11-10-17-20-12(2)14(13(3)23(17)22-11)8-9-18(24)21-19-15-6-4-5-7-16(15)19/h10,15-16,19H,4-9H2,1-3H3,(H,21,24)/t15-,16-/m0/s1. The second-order valence-electron chi connectivity index (χ2n) is 7.52. The summed E-state index contributed by atoms with van der Waals surface area (Å²) in [4.78, 5) is 17.0. The van der Waals surface area contributed by atoms with Crippen LogP contribution in [0.15, 0.2) is 6.07 Å². The molecule has 2 aromatic heterocycles. The highest BCUT2D eigenvalue weighted by molar-refractivity contribution is 5.77. The number of aryl methyl sites for hydroxylation is 3. The van der Waals surface area contributed by atoms with Crippen molar-refractivity contribution < 1.29 is 4.79 Å². The van der Waals surface area contributed by atoms with Gasteiger partial charge in [-0.15, -0.1) is 0 Å². The maximum Gasteiger partial charge on any atom is 0.220 e. The van der Waals surface area contributed by atoms with E-state index in [0.717, 1.165) is 46.5 Å². The molecule has 2 atom stereocenters. The molecule has 24 heavy (non-hydrogen) atoms. The minimum absolute atomic E-state index is 0.185. The first-order valence-corrected chi connectivity index (χ1v) is 9.16. The van der Waals surface area contributed by atoms with Crippen LogP contribution in [0.4, 0.5) is 0 Å². The van der Waals surface area contributed by atoms with Gasteiger partial charge in [-0.05, 0) is 57.4 Å². The molecule has 1 N–H and O–H groups in total. The van der Waals surface area contributed by atoms with Gasteiger partial charge in [0.15, 0.2) is 5.65 Å². The van der Waals surface area contributed by atoms with Gasteiger partial charge < -0.3 is 5.32 Å². The fraction of sp³-hybridized carbons (Fsp3) is 0.632. The third-order valence-corrected chi connectivity index (χ3v) is 5.87. The maximum absolute atomic E-state index is 12.3. The average molecular weight is 326 g/mol. The summed E-state index contributed by atoms with van der Waals surface area (Å²) >= 11 is 0. The molecule has 2 aliphatic carbocycles. The van der Waals surface area contributed by atoms with Gasteiger partial charge in [0.05, 0.1) is 5.69 Å². The Morgan fingerprint density at radius 3 is 2.67 bits per heavy atom. The Hall–Kier alpha value is -1.91. The molecule has 0 saturated heterocycles. The van der Waals surface area contributed by atoms with Crippen LogP contribution in [-0.2, 0) is 11.2 Å². The van der Waals surface area contributed by atoms with Crippen LogP contribution < -0.4 is 5.32 Å². The Morgan fingerprint density at radius 1 is 1.25 bits per heavy atom. The number of rotatable bonds is 4. The lowest BCUT2D eigenvalue weighted by Gasteiger charge is -2.11.